The third kappa shape index (κ3) is 4.26. The van der Waals surface area contributed by atoms with Crippen molar-refractivity contribution in [2.75, 3.05) is 24.3 Å². The lowest BCUT2D eigenvalue weighted by atomic mass is 10.2. The number of sulfonamides is 1. The van der Waals surface area contributed by atoms with E-state index in [0.717, 1.165) is 22.7 Å². The Hall–Kier alpha value is -3.04. The zero-order valence-electron chi connectivity index (χ0n) is 15.1. The number of hydrogen-bond acceptors (Lipinski definition) is 7. The molecule has 0 fully saturated rings. The molecule has 146 valence electrons. The van der Waals surface area contributed by atoms with Crippen LogP contribution in [-0.4, -0.2) is 28.6 Å². The Morgan fingerprint density at radius 3 is 2.43 bits per heavy atom. The normalized spacial score (nSPS) is 10.9. The van der Waals surface area contributed by atoms with E-state index in [1.807, 2.05) is 30.3 Å². The number of carbonyl (C=O) groups is 1. The minimum atomic E-state index is -4.00. The van der Waals surface area contributed by atoms with E-state index in [1.54, 1.807) is 18.2 Å². The first kappa shape index (κ1) is 19.7. The van der Waals surface area contributed by atoms with Crippen molar-refractivity contribution in [3.8, 4) is 5.75 Å². The number of rotatable bonds is 7. The molecule has 28 heavy (non-hydrogen) atoms. The Bertz CT molecular complexity index is 1080. The van der Waals surface area contributed by atoms with Gasteiger partial charge in [0.1, 0.15) is 15.5 Å². The second kappa shape index (κ2) is 8.32. The lowest BCUT2D eigenvalue weighted by Crippen LogP contribution is -2.16. The summed E-state index contributed by atoms with van der Waals surface area (Å²) < 4.78 is 38.0. The zero-order valence-corrected chi connectivity index (χ0v) is 16.8. The summed E-state index contributed by atoms with van der Waals surface area (Å²) in [7, 11) is -1.35. The number of para-hydroxylation sites is 1. The molecule has 2 N–H and O–H groups in total. The van der Waals surface area contributed by atoms with E-state index < -0.39 is 16.0 Å². The van der Waals surface area contributed by atoms with E-state index in [0.29, 0.717) is 5.75 Å². The highest BCUT2D eigenvalue weighted by Crippen LogP contribution is 2.32. The van der Waals surface area contributed by atoms with Gasteiger partial charge in [0.25, 0.3) is 10.0 Å². The molecule has 0 saturated heterocycles. The van der Waals surface area contributed by atoms with Crippen molar-refractivity contribution >= 4 is 44.4 Å². The fourth-order valence-corrected chi connectivity index (χ4v) is 4.90. The number of nitrogens with one attached hydrogen (secondary N) is 2. The molecule has 3 rings (SSSR count). The van der Waals surface area contributed by atoms with E-state index >= 15 is 0 Å². The second-order valence-corrected chi connectivity index (χ2v) is 8.18. The first-order valence-electron chi connectivity index (χ1n) is 8.13. The molecule has 0 spiro atoms. The maximum Gasteiger partial charge on any atom is 0.349 e. The fourth-order valence-electron chi connectivity index (χ4n) is 2.49. The minimum absolute atomic E-state index is 0.0105. The van der Waals surface area contributed by atoms with Gasteiger partial charge in [-0.25, -0.2) is 13.2 Å². The Morgan fingerprint density at radius 1 is 1.00 bits per heavy atom. The van der Waals surface area contributed by atoms with Crippen molar-refractivity contribution < 1.29 is 22.7 Å². The summed E-state index contributed by atoms with van der Waals surface area (Å²) in [5.41, 5.74) is 1.87. The second-order valence-electron chi connectivity index (χ2n) is 5.62. The van der Waals surface area contributed by atoms with E-state index in [-0.39, 0.29) is 15.5 Å². The standard InChI is InChI=1S/C19H18N2O5S2/c1-25-16-12-14(20-13-6-4-3-5-7-13)8-9-15(16)21-28(23,24)17-10-11-27-18(17)19(22)26-2/h3-12,20-21H,1-2H3. The minimum Gasteiger partial charge on any atom is -0.494 e. The van der Waals surface area contributed by atoms with E-state index in [4.69, 9.17) is 4.74 Å². The van der Waals surface area contributed by atoms with Crippen LogP contribution in [0.25, 0.3) is 0 Å². The highest BCUT2D eigenvalue weighted by atomic mass is 32.2. The van der Waals surface area contributed by atoms with Crippen molar-refractivity contribution in [3.05, 3.63) is 64.9 Å². The molecule has 0 aliphatic rings. The van der Waals surface area contributed by atoms with Crippen LogP contribution >= 0.6 is 11.3 Å². The van der Waals surface area contributed by atoms with Gasteiger partial charge in [-0.3, -0.25) is 4.72 Å². The average molecular weight is 418 g/mol. The van der Waals surface area contributed by atoms with Gasteiger partial charge < -0.3 is 14.8 Å². The lowest BCUT2D eigenvalue weighted by Gasteiger charge is -2.14. The SMILES string of the molecule is COC(=O)c1sccc1S(=O)(=O)Nc1ccc(Nc2ccccc2)cc1OC. The summed E-state index contributed by atoms with van der Waals surface area (Å²) in [5, 5.41) is 4.73. The van der Waals surface area contributed by atoms with Gasteiger partial charge in [0.05, 0.1) is 19.9 Å². The molecule has 1 heterocycles. The summed E-state index contributed by atoms with van der Waals surface area (Å²) in [5.74, 6) is -0.371. The highest BCUT2D eigenvalue weighted by Gasteiger charge is 2.25. The topological polar surface area (TPSA) is 93.7 Å². The molecule has 1 aromatic heterocycles. The average Bonchev–Trinajstić information content (AvgIpc) is 3.20. The molecule has 2 aromatic carbocycles. The highest BCUT2D eigenvalue weighted by molar-refractivity contribution is 7.93. The number of anilines is 3. The number of thiophene rings is 1. The van der Waals surface area contributed by atoms with Crippen molar-refractivity contribution in [2.45, 2.75) is 4.90 Å². The Kier molecular flexibility index (Phi) is 5.86. The molecule has 0 atom stereocenters. The molecular formula is C19H18N2O5S2. The van der Waals surface area contributed by atoms with Gasteiger partial charge in [-0.2, -0.15) is 0 Å². The predicted molar refractivity (Wildman–Crippen MR) is 109 cm³/mol. The summed E-state index contributed by atoms with van der Waals surface area (Å²) in [6.45, 7) is 0. The molecular weight excluding hydrogens is 400 g/mol. The molecule has 9 heteroatoms. The van der Waals surface area contributed by atoms with Crippen LogP contribution in [-0.2, 0) is 14.8 Å². The van der Waals surface area contributed by atoms with Crippen LogP contribution in [0.2, 0.25) is 0 Å². The molecule has 0 unspecified atom stereocenters. The van der Waals surface area contributed by atoms with Gasteiger partial charge in [-0.15, -0.1) is 11.3 Å². The van der Waals surface area contributed by atoms with Crippen molar-refractivity contribution in [1.29, 1.82) is 0 Å². The Morgan fingerprint density at radius 2 is 1.75 bits per heavy atom. The molecule has 7 nitrogen and oxygen atoms in total. The largest absolute Gasteiger partial charge is 0.494 e. The van der Waals surface area contributed by atoms with Gasteiger partial charge in [-0.1, -0.05) is 18.2 Å². The van der Waals surface area contributed by atoms with Gasteiger partial charge in [0, 0.05) is 17.4 Å². The van der Waals surface area contributed by atoms with E-state index in [1.165, 1.54) is 25.7 Å². The van der Waals surface area contributed by atoms with Crippen LogP contribution in [0.1, 0.15) is 9.67 Å². The smallest absolute Gasteiger partial charge is 0.349 e. The lowest BCUT2D eigenvalue weighted by molar-refractivity contribution is 0.0602. The third-order valence-electron chi connectivity index (χ3n) is 3.80. The first-order chi connectivity index (χ1) is 13.4. The fraction of sp³-hybridized carbons (Fsp3) is 0.105. The molecule has 0 aliphatic heterocycles. The van der Waals surface area contributed by atoms with Crippen LogP contribution in [0.5, 0.6) is 5.75 Å². The van der Waals surface area contributed by atoms with Crippen LogP contribution in [0.3, 0.4) is 0 Å². The number of methoxy groups -OCH3 is 2. The number of esters is 1. The number of ether oxygens (including phenoxy) is 2. The number of hydrogen-bond donors (Lipinski definition) is 2. The van der Waals surface area contributed by atoms with Crippen LogP contribution in [0, 0.1) is 0 Å². The van der Waals surface area contributed by atoms with Gasteiger partial charge in [0.15, 0.2) is 0 Å². The summed E-state index contributed by atoms with van der Waals surface area (Å²) in [6, 6.07) is 15.9. The van der Waals surface area contributed by atoms with Crippen molar-refractivity contribution in [1.82, 2.24) is 0 Å². The van der Waals surface area contributed by atoms with Gasteiger partial charge in [-0.05, 0) is 35.7 Å². The molecule has 3 aromatic rings. The van der Waals surface area contributed by atoms with E-state index in [9.17, 15) is 13.2 Å². The van der Waals surface area contributed by atoms with Gasteiger partial charge in [0.2, 0.25) is 0 Å². The van der Waals surface area contributed by atoms with Crippen LogP contribution < -0.4 is 14.8 Å². The molecule has 0 saturated carbocycles. The van der Waals surface area contributed by atoms with E-state index in [2.05, 4.69) is 14.8 Å². The molecule has 0 aliphatic carbocycles. The van der Waals surface area contributed by atoms with Crippen molar-refractivity contribution in [3.63, 3.8) is 0 Å². The van der Waals surface area contributed by atoms with Gasteiger partial charge >= 0.3 is 5.97 Å². The Labute approximate surface area is 167 Å². The Balaban J connectivity index is 1.87. The third-order valence-corrected chi connectivity index (χ3v) is 6.23. The van der Waals surface area contributed by atoms with Crippen LogP contribution in [0.15, 0.2) is 64.9 Å². The first-order valence-corrected chi connectivity index (χ1v) is 10.5. The summed E-state index contributed by atoms with van der Waals surface area (Å²) >= 11 is 0.998. The molecule has 0 radical (unpaired) electrons. The van der Waals surface area contributed by atoms with Crippen LogP contribution in [0.4, 0.5) is 17.1 Å². The number of benzene rings is 2. The quantitative estimate of drug-likeness (QED) is 0.562. The number of carbonyl (C=O) groups excluding carboxylic acids is 1. The molecule has 0 amide bonds. The maximum absolute atomic E-state index is 12.8. The molecule has 0 bridgehead atoms. The summed E-state index contributed by atoms with van der Waals surface area (Å²) in [6.07, 6.45) is 0. The maximum atomic E-state index is 12.8. The monoisotopic (exact) mass is 418 g/mol. The predicted octanol–water partition coefficient (Wildman–Crippen LogP) is 4.09. The zero-order chi connectivity index (χ0) is 20.1. The van der Waals surface area contributed by atoms with Crippen molar-refractivity contribution in [2.24, 2.45) is 0 Å². The summed E-state index contributed by atoms with van der Waals surface area (Å²) in [4.78, 5) is 11.7.